The lowest BCUT2D eigenvalue weighted by molar-refractivity contribution is -0.119. The molecule has 1 amide bonds. The molecule has 1 saturated heterocycles. The van der Waals surface area contributed by atoms with Gasteiger partial charge in [0.1, 0.15) is 5.02 Å². The average molecular weight is 301 g/mol. The molecule has 0 unspecified atom stereocenters. The van der Waals surface area contributed by atoms with E-state index >= 15 is 0 Å². The number of amides is 1. The molecule has 0 bridgehead atoms. The summed E-state index contributed by atoms with van der Waals surface area (Å²) >= 11 is 5.83. The Bertz CT molecular complexity index is 530. The van der Waals surface area contributed by atoms with Gasteiger partial charge in [-0.05, 0) is 24.8 Å². The van der Waals surface area contributed by atoms with Gasteiger partial charge in [0.15, 0.2) is 5.82 Å². The van der Waals surface area contributed by atoms with Crippen molar-refractivity contribution >= 4 is 34.6 Å². The van der Waals surface area contributed by atoms with Crippen LogP contribution in [0, 0.1) is 11.7 Å². The molecule has 1 aromatic rings. The maximum Gasteiger partial charge on any atom is 0.217 e. The van der Waals surface area contributed by atoms with Crippen LogP contribution in [0.15, 0.2) is 6.07 Å². The normalized spacial score (nSPS) is 16.4. The van der Waals surface area contributed by atoms with E-state index in [1.807, 2.05) is 4.90 Å². The minimum absolute atomic E-state index is 0.103. The van der Waals surface area contributed by atoms with Gasteiger partial charge in [-0.25, -0.2) is 4.39 Å². The van der Waals surface area contributed by atoms with Crippen molar-refractivity contribution in [1.82, 2.24) is 0 Å². The SMILES string of the molecule is NC(=O)CC1CCN(c2c(N)cc(N)c(Cl)c2F)CC1. The number of nitrogens with two attached hydrogens (primary N) is 3. The molecule has 6 N–H and O–H groups in total. The van der Waals surface area contributed by atoms with E-state index in [4.69, 9.17) is 28.8 Å². The quantitative estimate of drug-likeness (QED) is 0.740. The Morgan fingerprint density at radius 2 is 1.95 bits per heavy atom. The van der Waals surface area contributed by atoms with Crippen molar-refractivity contribution in [1.29, 1.82) is 0 Å². The summed E-state index contributed by atoms with van der Waals surface area (Å²) in [6, 6.07) is 1.47. The highest BCUT2D eigenvalue weighted by molar-refractivity contribution is 6.33. The highest BCUT2D eigenvalue weighted by atomic mass is 35.5. The first kappa shape index (κ1) is 14.7. The van der Waals surface area contributed by atoms with Gasteiger partial charge in [-0.3, -0.25) is 4.79 Å². The lowest BCUT2D eigenvalue weighted by Crippen LogP contribution is -2.36. The molecule has 1 heterocycles. The first-order chi connectivity index (χ1) is 9.40. The Morgan fingerprint density at radius 1 is 1.35 bits per heavy atom. The predicted molar refractivity (Wildman–Crippen MR) is 79.0 cm³/mol. The van der Waals surface area contributed by atoms with Crippen molar-refractivity contribution in [3.63, 3.8) is 0 Å². The van der Waals surface area contributed by atoms with E-state index in [0.717, 1.165) is 12.8 Å². The zero-order valence-electron chi connectivity index (χ0n) is 11.0. The van der Waals surface area contributed by atoms with Crippen LogP contribution in [0.1, 0.15) is 19.3 Å². The van der Waals surface area contributed by atoms with Crippen LogP contribution in [0.4, 0.5) is 21.5 Å². The van der Waals surface area contributed by atoms with Gasteiger partial charge in [0.2, 0.25) is 5.91 Å². The molecule has 0 aliphatic carbocycles. The molecule has 0 radical (unpaired) electrons. The first-order valence-corrected chi connectivity index (χ1v) is 6.84. The summed E-state index contributed by atoms with van der Waals surface area (Å²) in [5, 5.41) is -0.103. The Kier molecular flexibility index (Phi) is 4.23. The standard InChI is InChI=1S/C13H18ClFN4O/c14-11-8(16)6-9(17)13(12(11)15)19-3-1-7(2-4-19)5-10(18)20/h6-7H,1-5,16-17H2,(H2,18,20). The van der Waals surface area contributed by atoms with Crippen molar-refractivity contribution in [2.75, 3.05) is 29.5 Å². The number of hydrogen-bond acceptors (Lipinski definition) is 4. The van der Waals surface area contributed by atoms with Gasteiger partial charge in [-0.1, -0.05) is 11.6 Å². The number of rotatable bonds is 3. The largest absolute Gasteiger partial charge is 0.397 e. The van der Waals surface area contributed by atoms with Crippen molar-refractivity contribution in [2.45, 2.75) is 19.3 Å². The molecule has 20 heavy (non-hydrogen) atoms. The molecule has 0 aromatic heterocycles. The third kappa shape index (κ3) is 2.90. The number of nitrogens with zero attached hydrogens (tertiary/aromatic N) is 1. The molecular formula is C13H18ClFN4O. The van der Waals surface area contributed by atoms with Crippen LogP contribution >= 0.6 is 11.6 Å². The monoisotopic (exact) mass is 300 g/mol. The van der Waals surface area contributed by atoms with E-state index in [1.165, 1.54) is 6.07 Å². The van der Waals surface area contributed by atoms with Crippen molar-refractivity contribution in [3.05, 3.63) is 16.9 Å². The Morgan fingerprint density at radius 3 is 2.50 bits per heavy atom. The third-order valence-corrected chi connectivity index (χ3v) is 4.04. The summed E-state index contributed by atoms with van der Waals surface area (Å²) in [5.41, 5.74) is 17.3. The third-order valence-electron chi connectivity index (χ3n) is 3.66. The average Bonchev–Trinajstić information content (AvgIpc) is 2.37. The van der Waals surface area contributed by atoms with Gasteiger partial charge in [0.05, 0.1) is 17.1 Å². The zero-order chi connectivity index (χ0) is 14.9. The molecule has 1 fully saturated rings. The summed E-state index contributed by atoms with van der Waals surface area (Å²) in [7, 11) is 0. The second kappa shape index (κ2) is 5.75. The van der Waals surface area contributed by atoms with Gasteiger partial charge in [0.25, 0.3) is 0 Å². The van der Waals surface area contributed by atoms with Gasteiger partial charge in [-0.2, -0.15) is 0 Å². The summed E-state index contributed by atoms with van der Waals surface area (Å²) < 4.78 is 14.2. The van der Waals surface area contributed by atoms with Crippen LogP contribution in [-0.4, -0.2) is 19.0 Å². The number of benzene rings is 1. The summed E-state index contributed by atoms with van der Waals surface area (Å²) in [5.74, 6) is -0.639. The van der Waals surface area contributed by atoms with E-state index in [-0.39, 0.29) is 28.2 Å². The molecule has 0 spiro atoms. The van der Waals surface area contributed by atoms with Crippen molar-refractivity contribution in [3.8, 4) is 0 Å². The molecule has 2 rings (SSSR count). The molecule has 1 aliphatic heterocycles. The number of piperidine rings is 1. The lowest BCUT2D eigenvalue weighted by Gasteiger charge is -2.34. The topological polar surface area (TPSA) is 98.4 Å². The molecule has 1 aromatic carbocycles. The molecule has 7 heteroatoms. The van der Waals surface area contributed by atoms with E-state index in [2.05, 4.69) is 0 Å². The minimum Gasteiger partial charge on any atom is -0.397 e. The molecule has 0 atom stereocenters. The van der Waals surface area contributed by atoms with E-state index in [1.54, 1.807) is 0 Å². The van der Waals surface area contributed by atoms with Gasteiger partial charge >= 0.3 is 0 Å². The zero-order valence-corrected chi connectivity index (χ0v) is 11.8. The van der Waals surface area contributed by atoms with Gasteiger partial charge < -0.3 is 22.1 Å². The van der Waals surface area contributed by atoms with E-state index in [0.29, 0.717) is 25.2 Å². The van der Waals surface area contributed by atoms with Crippen LogP contribution in [-0.2, 0) is 4.79 Å². The van der Waals surface area contributed by atoms with Gasteiger partial charge in [0, 0.05) is 19.5 Å². The summed E-state index contributed by atoms with van der Waals surface area (Å²) in [6.45, 7) is 1.22. The van der Waals surface area contributed by atoms with Gasteiger partial charge in [-0.15, -0.1) is 0 Å². The molecular weight excluding hydrogens is 283 g/mol. The number of anilines is 3. The highest BCUT2D eigenvalue weighted by Gasteiger charge is 2.25. The first-order valence-electron chi connectivity index (χ1n) is 6.46. The smallest absolute Gasteiger partial charge is 0.217 e. The lowest BCUT2D eigenvalue weighted by atomic mass is 9.93. The van der Waals surface area contributed by atoms with Crippen LogP contribution in [0.25, 0.3) is 0 Å². The van der Waals surface area contributed by atoms with Crippen LogP contribution in [0.2, 0.25) is 5.02 Å². The number of nitrogen functional groups attached to an aromatic ring is 2. The second-order valence-corrected chi connectivity index (χ2v) is 5.51. The Labute approximate surface area is 121 Å². The summed E-state index contributed by atoms with van der Waals surface area (Å²) in [6.07, 6.45) is 1.90. The fourth-order valence-electron chi connectivity index (χ4n) is 2.62. The van der Waals surface area contributed by atoms with E-state index in [9.17, 15) is 9.18 Å². The van der Waals surface area contributed by atoms with Crippen LogP contribution < -0.4 is 22.1 Å². The fourth-order valence-corrected chi connectivity index (χ4v) is 2.77. The van der Waals surface area contributed by atoms with Crippen LogP contribution in [0.5, 0.6) is 0 Å². The number of halogens is 2. The summed E-state index contributed by atoms with van der Waals surface area (Å²) in [4.78, 5) is 12.7. The molecule has 0 saturated carbocycles. The fraction of sp³-hybridized carbons (Fsp3) is 0.462. The van der Waals surface area contributed by atoms with Crippen molar-refractivity contribution < 1.29 is 9.18 Å². The number of primary amides is 1. The number of hydrogen-bond donors (Lipinski definition) is 3. The number of carbonyl (C=O) groups excluding carboxylic acids is 1. The predicted octanol–water partition coefficient (Wildman–Crippen LogP) is 1.74. The van der Waals surface area contributed by atoms with Crippen molar-refractivity contribution in [2.24, 2.45) is 11.7 Å². The van der Waals surface area contributed by atoms with E-state index < -0.39 is 5.82 Å². The van der Waals surface area contributed by atoms with Crippen LogP contribution in [0.3, 0.4) is 0 Å². The number of carbonyl (C=O) groups is 1. The molecule has 1 aliphatic rings. The Hall–Kier alpha value is -1.69. The minimum atomic E-state index is -0.586. The Balaban J connectivity index is 2.15. The maximum absolute atomic E-state index is 14.2. The molecule has 110 valence electrons. The second-order valence-electron chi connectivity index (χ2n) is 5.13. The highest BCUT2D eigenvalue weighted by Crippen LogP contribution is 2.38. The molecule has 5 nitrogen and oxygen atoms in total. The maximum atomic E-state index is 14.2.